The Labute approximate surface area is 96.9 Å². The molecule has 0 aromatic heterocycles. The molecule has 0 aromatic carbocycles. The third-order valence-corrected chi connectivity index (χ3v) is 3.83. The van der Waals surface area contributed by atoms with Crippen molar-refractivity contribution in [1.82, 2.24) is 15.1 Å². The SMILES string of the molecule is CC(CN)N1CC(C2CCN(C)C2)NC1=O. The van der Waals surface area contributed by atoms with Gasteiger partial charge >= 0.3 is 6.03 Å². The van der Waals surface area contributed by atoms with E-state index < -0.39 is 0 Å². The van der Waals surface area contributed by atoms with Gasteiger partial charge in [0.05, 0.1) is 6.04 Å². The molecule has 3 atom stereocenters. The Balaban J connectivity index is 1.93. The Bertz CT molecular complexity index is 271. The van der Waals surface area contributed by atoms with Crippen molar-refractivity contribution in [3.8, 4) is 0 Å². The minimum absolute atomic E-state index is 0.0532. The molecular formula is C11H22N4O. The van der Waals surface area contributed by atoms with Gasteiger partial charge < -0.3 is 20.9 Å². The lowest BCUT2D eigenvalue weighted by Gasteiger charge is -2.22. The largest absolute Gasteiger partial charge is 0.333 e. The minimum atomic E-state index is 0.0532. The van der Waals surface area contributed by atoms with Gasteiger partial charge in [-0.05, 0) is 32.9 Å². The summed E-state index contributed by atoms with van der Waals surface area (Å²) >= 11 is 0. The number of nitrogens with one attached hydrogen (secondary N) is 1. The van der Waals surface area contributed by atoms with E-state index in [2.05, 4.69) is 17.3 Å². The van der Waals surface area contributed by atoms with E-state index in [0.717, 1.165) is 19.6 Å². The Kier molecular flexibility index (Phi) is 3.35. The first-order chi connectivity index (χ1) is 7.61. The Morgan fingerprint density at radius 1 is 1.56 bits per heavy atom. The maximum atomic E-state index is 11.8. The fourth-order valence-electron chi connectivity index (χ4n) is 2.65. The first kappa shape index (κ1) is 11.7. The summed E-state index contributed by atoms with van der Waals surface area (Å²) in [4.78, 5) is 16.0. The molecular weight excluding hydrogens is 204 g/mol. The van der Waals surface area contributed by atoms with E-state index in [1.165, 1.54) is 6.42 Å². The number of carbonyl (C=O) groups excluding carboxylic acids is 1. The molecule has 5 nitrogen and oxygen atoms in total. The number of hydrogen-bond acceptors (Lipinski definition) is 3. The van der Waals surface area contributed by atoms with E-state index in [4.69, 9.17) is 5.73 Å². The number of amides is 2. The van der Waals surface area contributed by atoms with Crippen LogP contribution in [0.15, 0.2) is 0 Å². The quantitative estimate of drug-likeness (QED) is 0.693. The van der Waals surface area contributed by atoms with Gasteiger partial charge in [0, 0.05) is 25.7 Å². The molecule has 5 heteroatoms. The predicted molar refractivity (Wildman–Crippen MR) is 63.1 cm³/mol. The zero-order chi connectivity index (χ0) is 11.7. The number of nitrogens with two attached hydrogens (primary N) is 1. The maximum absolute atomic E-state index is 11.8. The van der Waals surface area contributed by atoms with Crippen LogP contribution < -0.4 is 11.1 Å². The van der Waals surface area contributed by atoms with Crippen LogP contribution in [0.1, 0.15) is 13.3 Å². The molecule has 0 aromatic rings. The Morgan fingerprint density at radius 3 is 2.88 bits per heavy atom. The first-order valence-electron chi connectivity index (χ1n) is 6.07. The van der Waals surface area contributed by atoms with Crippen molar-refractivity contribution in [2.75, 3.05) is 33.2 Å². The fraction of sp³-hybridized carbons (Fsp3) is 0.909. The van der Waals surface area contributed by atoms with Gasteiger partial charge in [-0.15, -0.1) is 0 Å². The second kappa shape index (κ2) is 4.59. The molecule has 3 unspecified atom stereocenters. The summed E-state index contributed by atoms with van der Waals surface area (Å²) in [5.41, 5.74) is 5.61. The van der Waals surface area contributed by atoms with Gasteiger partial charge in [0.2, 0.25) is 0 Å². The number of nitrogens with zero attached hydrogens (tertiary/aromatic N) is 2. The van der Waals surface area contributed by atoms with Crippen LogP contribution in [0.3, 0.4) is 0 Å². The molecule has 0 saturated carbocycles. The number of hydrogen-bond donors (Lipinski definition) is 2. The molecule has 0 bridgehead atoms. The van der Waals surface area contributed by atoms with E-state index in [1.807, 2.05) is 11.8 Å². The number of urea groups is 1. The summed E-state index contributed by atoms with van der Waals surface area (Å²) < 4.78 is 0. The summed E-state index contributed by atoms with van der Waals surface area (Å²) in [5.74, 6) is 0.601. The van der Waals surface area contributed by atoms with Gasteiger partial charge in [0.1, 0.15) is 0 Å². The number of likely N-dealkylation sites (tertiary alicyclic amines) is 1. The van der Waals surface area contributed by atoms with Crippen LogP contribution in [0.25, 0.3) is 0 Å². The molecule has 3 N–H and O–H groups in total. The number of carbonyl (C=O) groups is 1. The van der Waals surface area contributed by atoms with Crippen LogP contribution in [0.2, 0.25) is 0 Å². The predicted octanol–water partition coefficient (Wildman–Crippen LogP) is -0.321. The third-order valence-electron chi connectivity index (χ3n) is 3.83. The average Bonchev–Trinajstić information content (AvgIpc) is 2.83. The summed E-state index contributed by atoms with van der Waals surface area (Å²) in [6.45, 7) is 5.59. The van der Waals surface area contributed by atoms with Crippen LogP contribution in [0.4, 0.5) is 4.79 Å². The lowest BCUT2D eigenvalue weighted by atomic mass is 9.99. The van der Waals surface area contributed by atoms with Crippen molar-refractivity contribution in [2.45, 2.75) is 25.4 Å². The highest BCUT2D eigenvalue weighted by Crippen LogP contribution is 2.22. The van der Waals surface area contributed by atoms with Crippen LogP contribution in [0.5, 0.6) is 0 Å². The van der Waals surface area contributed by atoms with Crippen LogP contribution in [0, 0.1) is 5.92 Å². The van der Waals surface area contributed by atoms with Crippen LogP contribution in [-0.4, -0.2) is 61.1 Å². The normalized spacial score (nSPS) is 33.2. The molecule has 16 heavy (non-hydrogen) atoms. The van der Waals surface area contributed by atoms with Gasteiger partial charge in [-0.25, -0.2) is 4.79 Å². The molecule has 2 rings (SSSR count). The summed E-state index contributed by atoms with van der Waals surface area (Å²) in [5, 5.41) is 3.09. The molecule has 2 aliphatic rings. The molecule has 0 radical (unpaired) electrons. The molecule has 2 fully saturated rings. The van der Waals surface area contributed by atoms with Crippen molar-refractivity contribution < 1.29 is 4.79 Å². The monoisotopic (exact) mass is 226 g/mol. The molecule has 0 aliphatic carbocycles. The van der Waals surface area contributed by atoms with E-state index in [0.29, 0.717) is 18.5 Å². The average molecular weight is 226 g/mol. The maximum Gasteiger partial charge on any atom is 0.318 e. The second-order valence-corrected chi connectivity index (χ2v) is 5.10. The highest BCUT2D eigenvalue weighted by Gasteiger charge is 2.37. The minimum Gasteiger partial charge on any atom is -0.333 e. The highest BCUT2D eigenvalue weighted by molar-refractivity contribution is 5.77. The molecule has 2 aliphatic heterocycles. The van der Waals surface area contributed by atoms with Gasteiger partial charge in [-0.3, -0.25) is 0 Å². The summed E-state index contributed by atoms with van der Waals surface area (Å²) in [6.07, 6.45) is 1.19. The molecule has 92 valence electrons. The van der Waals surface area contributed by atoms with Crippen molar-refractivity contribution in [2.24, 2.45) is 11.7 Å². The van der Waals surface area contributed by atoms with Crippen molar-refractivity contribution in [1.29, 1.82) is 0 Å². The molecule has 2 saturated heterocycles. The van der Waals surface area contributed by atoms with Gasteiger partial charge in [-0.1, -0.05) is 0 Å². The standard InChI is InChI=1S/C11H22N4O/c1-8(5-12)15-7-10(13-11(15)16)9-3-4-14(2)6-9/h8-10H,3-7,12H2,1-2H3,(H,13,16). The van der Waals surface area contributed by atoms with Crippen LogP contribution in [-0.2, 0) is 0 Å². The lowest BCUT2D eigenvalue weighted by Crippen LogP contribution is -2.40. The van der Waals surface area contributed by atoms with E-state index >= 15 is 0 Å². The van der Waals surface area contributed by atoms with E-state index in [-0.39, 0.29) is 12.1 Å². The fourth-order valence-corrected chi connectivity index (χ4v) is 2.65. The zero-order valence-corrected chi connectivity index (χ0v) is 10.1. The highest BCUT2D eigenvalue weighted by atomic mass is 16.2. The lowest BCUT2D eigenvalue weighted by molar-refractivity contribution is 0.203. The molecule has 2 heterocycles. The summed E-state index contributed by atoms with van der Waals surface area (Å²) in [7, 11) is 2.14. The van der Waals surface area contributed by atoms with Gasteiger partial charge in [0.25, 0.3) is 0 Å². The van der Waals surface area contributed by atoms with Gasteiger partial charge in [0.15, 0.2) is 0 Å². The zero-order valence-electron chi connectivity index (χ0n) is 10.1. The van der Waals surface area contributed by atoms with Gasteiger partial charge in [-0.2, -0.15) is 0 Å². The molecule has 2 amide bonds. The van der Waals surface area contributed by atoms with Crippen molar-refractivity contribution in [3.63, 3.8) is 0 Å². The third kappa shape index (κ3) is 2.15. The Hall–Kier alpha value is -0.810. The van der Waals surface area contributed by atoms with E-state index in [1.54, 1.807) is 0 Å². The van der Waals surface area contributed by atoms with Crippen LogP contribution >= 0.6 is 0 Å². The summed E-state index contributed by atoms with van der Waals surface area (Å²) in [6, 6.07) is 0.507. The smallest absolute Gasteiger partial charge is 0.318 e. The number of rotatable bonds is 3. The Morgan fingerprint density at radius 2 is 2.31 bits per heavy atom. The van der Waals surface area contributed by atoms with Crippen molar-refractivity contribution in [3.05, 3.63) is 0 Å². The topological polar surface area (TPSA) is 61.6 Å². The second-order valence-electron chi connectivity index (χ2n) is 5.10. The first-order valence-corrected chi connectivity index (χ1v) is 6.07. The van der Waals surface area contributed by atoms with E-state index in [9.17, 15) is 4.79 Å². The van der Waals surface area contributed by atoms with Crippen molar-refractivity contribution >= 4 is 6.03 Å². The molecule has 0 spiro atoms.